The molecule has 5 heteroatoms. The molecule has 2 rings (SSSR count). The fourth-order valence-electron chi connectivity index (χ4n) is 1.92. The number of nitro groups is 1. The van der Waals surface area contributed by atoms with Gasteiger partial charge >= 0.3 is 0 Å². The van der Waals surface area contributed by atoms with Gasteiger partial charge in [0.25, 0.3) is 5.69 Å². The molecule has 1 aliphatic rings. The van der Waals surface area contributed by atoms with Gasteiger partial charge in [-0.15, -0.1) is 0 Å². The molecule has 0 radical (unpaired) electrons. The molecule has 92 valence electrons. The fraction of sp³-hybridized carbons (Fsp3) is 0.500. The molecule has 0 saturated carbocycles. The van der Waals surface area contributed by atoms with E-state index in [2.05, 4.69) is 5.32 Å². The lowest BCUT2D eigenvalue weighted by molar-refractivity contribution is -0.385. The first-order valence-corrected chi connectivity index (χ1v) is 5.72. The number of nitro benzene ring substituents is 1. The molecule has 17 heavy (non-hydrogen) atoms. The summed E-state index contributed by atoms with van der Waals surface area (Å²) in [5.74, 6) is 0. The van der Waals surface area contributed by atoms with Crippen LogP contribution in [0.5, 0.6) is 0 Å². The van der Waals surface area contributed by atoms with Crippen LogP contribution in [0.25, 0.3) is 0 Å². The van der Waals surface area contributed by atoms with E-state index in [-0.39, 0.29) is 10.6 Å². The Bertz CT molecular complexity index is 414. The van der Waals surface area contributed by atoms with E-state index in [1.54, 1.807) is 19.1 Å². The second-order valence-corrected chi connectivity index (χ2v) is 4.32. The van der Waals surface area contributed by atoms with Gasteiger partial charge in [-0.3, -0.25) is 10.1 Å². The van der Waals surface area contributed by atoms with E-state index >= 15 is 0 Å². The third-order valence-electron chi connectivity index (χ3n) is 2.99. The number of aryl methyl sites for hydroxylation is 1. The topological polar surface area (TPSA) is 64.4 Å². The maximum Gasteiger partial charge on any atom is 0.272 e. The first-order valence-electron chi connectivity index (χ1n) is 5.72. The zero-order chi connectivity index (χ0) is 12.3. The highest BCUT2D eigenvalue weighted by Gasteiger charge is 2.15. The smallest absolute Gasteiger partial charge is 0.272 e. The summed E-state index contributed by atoms with van der Waals surface area (Å²) in [6.07, 6.45) is 1.01. The molecule has 1 unspecified atom stereocenters. The van der Waals surface area contributed by atoms with E-state index in [1.165, 1.54) is 0 Å². The number of ether oxygens (including phenoxy) is 1. The highest BCUT2D eigenvalue weighted by molar-refractivity contribution is 5.42. The number of rotatable bonds is 4. The minimum atomic E-state index is -0.336. The Labute approximate surface area is 99.9 Å². The van der Waals surface area contributed by atoms with Crippen molar-refractivity contribution >= 4 is 5.69 Å². The molecule has 0 aliphatic carbocycles. The summed E-state index contributed by atoms with van der Waals surface area (Å²) in [5, 5.41) is 14.1. The second-order valence-electron chi connectivity index (χ2n) is 4.32. The number of hydrogen-bond acceptors (Lipinski definition) is 4. The molecule has 5 nitrogen and oxygen atoms in total. The Morgan fingerprint density at radius 1 is 1.59 bits per heavy atom. The van der Waals surface area contributed by atoms with Crippen molar-refractivity contribution < 1.29 is 9.66 Å². The van der Waals surface area contributed by atoms with Gasteiger partial charge in [-0.25, -0.2) is 0 Å². The van der Waals surface area contributed by atoms with Gasteiger partial charge in [-0.1, -0.05) is 12.1 Å². The second kappa shape index (κ2) is 5.25. The highest BCUT2D eigenvalue weighted by atomic mass is 16.6. The number of benzene rings is 1. The maximum atomic E-state index is 10.8. The molecule has 1 heterocycles. The van der Waals surface area contributed by atoms with Crippen molar-refractivity contribution in [1.82, 2.24) is 5.32 Å². The summed E-state index contributed by atoms with van der Waals surface area (Å²) in [5.41, 5.74) is 1.82. The lowest BCUT2D eigenvalue weighted by Gasteiger charge is -2.10. The molecule has 0 amide bonds. The van der Waals surface area contributed by atoms with E-state index in [1.807, 2.05) is 6.07 Å². The number of hydrogen-bond donors (Lipinski definition) is 1. The van der Waals surface area contributed by atoms with Crippen LogP contribution in [0.3, 0.4) is 0 Å². The predicted octanol–water partition coefficient (Wildman–Crippen LogP) is 1.78. The Balaban J connectivity index is 2.00. The first-order chi connectivity index (χ1) is 8.16. The largest absolute Gasteiger partial charge is 0.380 e. The molecule has 0 bridgehead atoms. The minimum absolute atomic E-state index is 0.187. The SMILES string of the molecule is Cc1ccc(CNC2CCOC2)cc1[N+](=O)[O-]. The standard InChI is InChI=1S/C12H16N2O3/c1-9-2-3-10(6-12(9)14(15)16)7-13-11-4-5-17-8-11/h2-3,6,11,13H,4-5,7-8H2,1H3. The molecular weight excluding hydrogens is 220 g/mol. The summed E-state index contributed by atoms with van der Waals surface area (Å²) < 4.78 is 5.26. The van der Waals surface area contributed by atoms with Crippen molar-refractivity contribution in [2.45, 2.75) is 25.9 Å². The average molecular weight is 236 g/mol. The normalized spacial score (nSPS) is 19.5. The quantitative estimate of drug-likeness (QED) is 0.639. The van der Waals surface area contributed by atoms with Gasteiger partial charge in [-0.2, -0.15) is 0 Å². The zero-order valence-corrected chi connectivity index (χ0v) is 9.81. The molecule has 1 N–H and O–H groups in total. The third kappa shape index (κ3) is 3.01. The van der Waals surface area contributed by atoms with Crippen molar-refractivity contribution in [3.63, 3.8) is 0 Å². The van der Waals surface area contributed by atoms with Crippen LogP contribution in [0.4, 0.5) is 5.69 Å². The summed E-state index contributed by atoms with van der Waals surface area (Å²) in [7, 11) is 0. The van der Waals surface area contributed by atoms with E-state index in [9.17, 15) is 10.1 Å². The number of nitrogens with zero attached hydrogens (tertiary/aromatic N) is 1. The van der Waals surface area contributed by atoms with Crippen molar-refractivity contribution in [2.75, 3.05) is 13.2 Å². The van der Waals surface area contributed by atoms with E-state index < -0.39 is 0 Å². The monoisotopic (exact) mass is 236 g/mol. The van der Waals surface area contributed by atoms with Crippen LogP contribution in [0.15, 0.2) is 18.2 Å². The average Bonchev–Trinajstić information content (AvgIpc) is 2.80. The molecule has 1 saturated heterocycles. The summed E-state index contributed by atoms with van der Waals surface area (Å²) in [6, 6.07) is 5.72. The fourth-order valence-corrected chi connectivity index (χ4v) is 1.92. The van der Waals surface area contributed by atoms with Crippen molar-refractivity contribution in [1.29, 1.82) is 0 Å². The first kappa shape index (κ1) is 12.0. The van der Waals surface area contributed by atoms with Crippen molar-refractivity contribution in [3.8, 4) is 0 Å². The van der Waals surface area contributed by atoms with Crippen LogP contribution in [0, 0.1) is 17.0 Å². The van der Waals surface area contributed by atoms with Crippen molar-refractivity contribution in [2.24, 2.45) is 0 Å². The van der Waals surface area contributed by atoms with Gasteiger partial charge in [0.2, 0.25) is 0 Å². The molecule has 1 fully saturated rings. The zero-order valence-electron chi connectivity index (χ0n) is 9.81. The summed E-state index contributed by atoms with van der Waals surface area (Å²) >= 11 is 0. The van der Waals surface area contributed by atoms with E-state index in [0.29, 0.717) is 18.2 Å². The van der Waals surface area contributed by atoms with Gasteiger partial charge in [-0.05, 0) is 18.9 Å². The van der Waals surface area contributed by atoms with Gasteiger partial charge in [0.05, 0.1) is 11.5 Å². The minimum Gasteiger partial charge on any atom is -0.380 e. The Hall–Kier alpha value is -1.46. The Morgan fingerprint density at radius 2 is 2.41 bits per heavy atom. The number of nitrogens with one attached hydrogen (secondary N) is 1. The van der Waals surface area contributed by atoms with Gasteiger partial charge in [0.1, 0.15) is 0 Å². The van der Waals surface area contributed by atoms with Crippen LogP contribution >= 0.6 is 0 Å². The Morgan fingerprint density at radius 3 is 3.06 bits per heavy atom. The van der Waals surface area contributed by atoms with E-state index in [4.69, 9.17) is 4.74 Å². The molecule has 1 aromatic rings. The summed E-state index contributed by atoms with van der Waals surface area (Å²) in [6.45, 7) is 3.93. The maximum absolute atomic E-state index is 10.8. The van der Waals surface area contributed by atoms with E-state index in [0.717, 1.165) is 25.2 Å². The highest BCUT2D eigenvalue weighted by Crippen LogP contribution is 2.19. The molecule has 1 aliphatic heterocycles. The predicted molar refractivity (Wildman–Crippen MR) is 63.9 cm³/mol. The van der Waals surface area contributed by atoms with Crippen LogP contribution in [-0.2, 0) is 11.3 Å². The lowest BCUT2D eigenvalue weighted by Crippen LogP contribution is -2.28. The molecule has 0 spiro atoms. The van der Waals surface area contributed by atoms with Gasteiger partial charge < -0.3 is 10.1 Å². The van der Waals surface area contributed by atoms with Crippen LogP contribution in [0.2, 0.25) is 0 Å². The molecule has 0 aromatic heterocycles. The lowest BCUT2D eigenvalue weighted by atomic mass is 10.1. The van der Waals surface area contributed by atoms with Gasteiger partial charge in [0.15, 0.2) is 0 Å². The molecule has 1 aromatic carbocycles. The molecular formula is C12H16N2O3. The van der Waals surface area contributed by atoms with Gasteiger partial charge in [0, 0.05) is 30.8 Å². The van der Waals surface area contributed by atoms with Crippen LogP contribution < -0.4 is 5.32 Å². The Kier molecular flexibility index (Phi) is 3.71. The summed E-state index contributed by atoms with van der Waals surface area (Å²) in [4.78, 5) is 10.5. The van der Waals surface area contributed by atoms with Crippen LogP contribution in [-0.4, -0.2) is 24.2 Å². The van der Waals surface area contributed by atoms with Crippen molar-refractivity contribution in [3.05, 3.63) is 39.4 Å². The third-order valence-corrected chi connectivity index (χ3v) is 2.99. The van der Waals surface area contributed by atoms with Crippen LogP contribution in [0.1, 0.15) is 17.5 Å². The molecule has 1 atom stereocenters.